The summed E-state index contributed by atoms with van der Waals surface area (Å²) in [5.41, 5.74) is 1.87. The number of carbonyl (C=O) groups excluding carboxylic acids is 2. The highest BCUT2D eigenvalue weighted by molar-refractivity contribution is 7.10. The molecule has 0 aliphatic carbocycles. The molecule has 0 radical (unpaired) electrons. The van der Waals surface area contributed by atoms with E-state index in [1.54, 1.807) is 16.2 Å². The van der Waals surface area contributed by atoms with Crippen LogP contribution in [0.15, 0.2) is 48.4 Å². The topological polar surface area (TPSA) is 71.5 Å². The number of hydrogen-bond donors (Lipinski definition) is 1. The Balaban J connectivity index is 1.44. The van der Waals surface area contributed by atoms with Gasteiger partial charge in [0.2, 0.25) is 11.8 Å². The number of benzene rings is 1. The summed E-state index contributed by atoms with van der Waals surface area (Å²) in [6, 6.07) is 10.1. The molecule has 1 aromatic heterocycles. The quantitative estimate of drug-likeness (QED) is 0.742. The Kier molecular flexibility index (Phi) is 5.78. The fraction of sp³-hybridized carbons (Fsp3) is 0.409. The van der Waals surface area contributed by atoms with E-state index in [0.29, 0.717) is 32.8 Å². The minimum Gasteiger partial charge on any atom is -0.381 e. The fourth-order valence-electron chi connectivity index (χ4n) is 3.84. The third kappa shape index (κ3) is 4.11. The highest BCUT2D eigenvalue weighted by Gasteiger charge is 2.40. The number of nitrogens with one attached hydrogen (secondary N) is 1. The monoisotopic (exact) mass is 411 g/mol. The Hall–Kier alpha value is -2.51. The van der Waals surface area contributed by atoms with Gasteiger partial charge in [0.05, 0.1) is 11.6 Å². The number of rotatable bonds is 6. The average molecular weight is 412 g/mol. The summed E-state index contributed by atoms with van der Waals surface area (Å²) < 4.78 is 5.59. The van der Waals surface area contributed by atoms with E-state index in [1.807, 2.05) is 18.2 Å². The van der Waals surface area contributed by atoms with Gasteiger partial charge < -0.3 is 15.0 Å². The van der Waals surface area contributed by atoms with Crippen LogP contribution in [0, 0.1) is 5.92 Å². The average Bonchev–Trinajstić information content (AvgIpc) is 3.23. The van der Waals surface area contributed by atoms with E-state index in [1.165, 1.54) is 6.08 Å². The molecule has 0 saturated carbocycles. The van der Waals surface area contributed by atoms with Crippen molar-refractivity contribution in [2.45, 2.75) is 18.3 Å². The van der Waals surface area contributed by atoms with E-state index in [2.05, 4.69) is 29.4 Å². The minimum atomic E-state index is -0.202. The fourth-order valence-corrected chi connectivity index (χ4v) is 4.93. The highest BCUT2D eigenvalue weighted by Crippen LogP contribution is 2.38. The van der Waals surface area contributed by atoms with Crippen molar-refractivity contribution in [3.05, 3.63) is 53.4 Å². The van der Waals surface area contributed by atoms with Crippen molar-refractivity contribution >= 4 is 23.2 Å². The molecule has 0 atom stereocenters. The summed E-state index contributed by atoms with van der Waals surface area (Å²) in [7, 11) is 0. The van der Waals surface area contributed by atoms with Crippen molar-refractivity contribution < 1.29 is 14.3 Å². The summed E-state index contributed by atoms with van der Waals surface area (Å²) in [5, 5.41) is 6.27. The Bertz CT molecular complexity index is 884. The predicted octanol–water partition coefficient (Wildman–Crippen LogP) is 2.62. The molecule has 7 heteroatoms. The Morgan fingerprint density at radius 1 is 1.28 bits per heavy atom. The maximum atomic E-state index is 12.6. The minimum absolute atomic E-state index is 0.00354. The van der Waals surface area contributed by atoms with Crippen molar-refractivity contribution in [2.24, 2.45) is 5.92 Å². The molecular weight excluding hydrogens is 386 g/mol. The molecule has 0 spiro atoms. The van der Waals surface area contributed by atoms with E-state index in [-0.39, 0.29) is 23.1 Å². The zero-order valence-corrected chi connectivity index (χ0v) is 17.1. The van der Waals surface area contributed by atoms with E-state index in [4.69, 9.17) is 9.72 Å². The molecule has 2 aliphatic heterocycles. The van der Waals surface area contributed by atoms with Crippen LogP contribution in [0.25, 0.3) is 11.3 Å². The van der Waals surface area contributed by atoms with Crippen LogP contribution < -0.4 is 5.32 Å². The summed E-state index contributed by atoms with van der Waals surface area (Å²) in [6.45, 7) is 6.29. The predicted molar refractivity (Wildman–Crippen MR) is 113 cm³/mol. The second-order valence-corrected chi connectivity index (χ2v) is 8.52. The summed E-state index contributed by atoms with van der Waals surface area (Å²) in [5.74, 6) is -0.262. The molecule has 2 saturated heterocycles. The van der Waals surface area contributed by atoms with Gasteiger partial charge in [-0.2, -0.15) is 0 Å². The standard InChI is InChI=1S/C22H25N3O3S/c1-2-19(26)25-12-17(13-25)20(27)23-15-22(8-10-28-11-9-22)21-24-18(14-29-21)16-6-4-3-5-7-16/h2-7,14,17H,1,8-13,15H2,(H,23,27). The van der Waals surface area contributed by atoms with Crippen molar-refractivity contribution in [3.8, 4) is 11.3 Å². The number of hydrogen-bond acceptors (Lipinski definition) is 5. The smallest absolute Gasteiger partial charge is 0.246 e. The molecule has 2 aromatic rings. The van der Waals surface area contributed by atoms with Gasteiger partial charge in [-0.3, -0.25) is 9.59 Å². The van der Waals surface area contributed by atoms with Gasteiger partial charge in [0, 0.05) is 49.2 Å². The first-order valence-corrected chi connectivity index (χ1v) is 10.8. The Morgan fingerprint density at radius 3 is 2.69 bits per heavy atom. The molecule has 0 bridgehead atoms. The van der Waals surface area contributed by atoms with Crippen LogP contribution in [-0.2, 0) is 19.7 Å². The van der Waals surface area contributed by atoms with Crippen LogP contribution in [0.5, 0.6) is 0 Å². The molecule has 1 N–H and O–H groups in total. The zero-order chi connectivity index (χ0) is 20.3. The van der Waals surface area contributed by atoms with Crippen molar-refractivity contribution in [2.75, 3.05) is 32.8 Å². The largest absolute Gasteiger partial charge is 0.381 e. The number of likely N-dealkylation sites (tertiary alicyclic amines) is 1. The summed E-state index contributed by atoms with van der Waals surface area (Å²) >= 11 is 1.65. The van der Waals surface area contributed by atoms with Gasteiger partial charge in [0.15, 0.2) is 0 Å². The number of carbonyl (C=O) groups is 2. The van der Waals surface area contributed by atoms with Crippen LogP contribution in [0.3, 0.4) is 0 Å². The maximum absolute atomic E-state index is 12.6. The number of ether oxygens (including phenoxy) is 1. The van der Waals surface area contributed by atoms with E-state index in [9.17, 15) is 9.59 Å². The van der Waals surface area contributed by atoms with Gasteiger partial charge in [-0.1, -0.05) is 36.9 Å². The molecule has 1 aromatic carbocycles. The van der Waals surface area contributed by atoms with Gasteiger partial charge in [-0.25, -0.2) is 4.98 Å². The van der Waals surface area contributed by atoms with Crippen molar-refractivity contribution in [3.63, 3.8) is 0 Å². The van der Waals surface area contributed by atoms with E-state index >= 15 is 0 Å². The molecule has 2 aliphatic rings. The molecule has 0 unspecified atom stereocenters. The van der Waals surface area contributed by atoms with E-state index < -0.39 is 0 Å². The Labute approximate surface area is 174 Å². The number of nitrogens with zero attached hydrogens (tertiary/aromatic N) is 2. The van der Waals surface area contributed by atoms with Gasteiger partial charge in [-0.15, -0.1) is 11.3 Å². The van der Waals surface area contributed by atoms with Gasteiger partial charge >= 0.3 is 0 Å². The lowest BCUT2D eigenvalue weighted by atomic mass is 9.80. The maximum Gasteiger partial charge on any atom is 0.246 e. The van der Waals surface area contributed by atoms with Crippen LogP contribution in [-0.4, -0.2) is 54.5 Å². The second kappa shape index (κ2) is 8.47. The third-order valence-corrected chi connectivity index (χ3v) is 6.91. The first kappa shape index (κ1) is 19.8. The lowest BCUT2D eigenvalue weighted by Crippen LogP contribution is -2.56. The molecule has 2 amide bonds. The molecule has 29 heavy (non-hydrogen) atoms. The molecule has 152 valence electrons. The first-order valence-electron chi connectivity index (χ1n) is 9.89. The third-order valence-electron chi connectivity index (χ3n) is 5.82. The molecule has 3 heterocycles. The number of amides is 2. The number of aromatic nitrogens is 1. The summed E-state index contributed by atoms with van der Waals surface area (Å²) in [4.78, 5) is 30.7. The normalized spacial score (nSPS) is 18.7. The molecule has 2 fully saturated rings. The highest BCUT2D eigenvalue weighted by atomic mass is 32.1. The molecule has 6 nitrogen and oxygen atoms in total. The van der Waals surface area contributed by atoms with E-state index in [0.717, 1.165) is 29.1 Å². The Morgan fingerprint density at radius 2 is 2.00 bits per heavy atom. The van der Waals surface area contributed by atoms with Gasteiger partial charge in [-0.05, 0) is 18.9 Å². The van der Waals surface area contributed by atoms with Crippen molar-refractivity contribution in [1.29, 1.82) is 0 Å². The van der Waals surface area contributed by atoms with Crippen LogP contribution >= 0.6 is 11.3 Å². The molecule has 4 rings (SSSR count). The second-order valence-electron chi connectivity index (χ2n) is 7.66. The lowest BCUT2D eigenvalue weighted by Gasteiger charge is -2.39. The van der Waals surface area contributed by atoms with Crippen molar-refractivity contribution in [1.82, 2.24) is 15.2 Å². The molecular formula is C22H25N3O3S. The zero-order valence-electron chi connectivity index (χ0n) is 16.3. The van der Waals surface area contributed by atoms with Gasteiger partial charge in [0.1, 0.15) is 5.01 Å². The lowest BCUT2D eigenvalue weighted by molar-refractivity contribution is -0.139. The first-order chi connectivity index (χ1) is 14.1. The summed E-state index contributed by atoms with van der Waals surface area (Å²) in [6.07, 6.45) is 2.96. The SMILES string of the molecule is C=CC(=O)N1CC(C(=O)NCC2(c3nc(-c4ccccc4)cs3)CCOCC2)C1. The van der Waals surface area contributed by atoms with Crippen LogP contribution in [0.4, 0.5) is 0 Å². The van der Waals surface area contributed by atoms with Crippen LogP contribution in [0.1, 0.15) is 17.8 Å². The van der Waals surface area contributed by atoms with Crippen LogP contribution in [0.2, 0.25) is 0 Å². The number of thiazole rings is 1. The van der Waals surface area contributed by atoms with Gasteiger partial charge in [0.25, 0.3) is 0 Å².